The van der Waals surface area contributed by atoms with Gasteiger partial charge in [0.25, 0.3) is 0 Å². The number of aryl methyl sites for hydroxylation is 1. The molecule has 0 unspecified atom stereocenters. The Hall–Kier alpha value is -1.67. The first-order chi connectivity index (χ1) is 8.29. The van der Waals surface area contributed by atoms with Crippen LogP contribution in [0.4, 0.5) is 0 Å². The average molecular weight is 245 g/mol. The molecule has 0 amide bonds. The van der Waals surface area contributed by atoms with E-state index in [2.05, 4.69) is 23.0 Å². The molecule has 3 heteroatoms. The molecule has 0 N–H and O–H groups in total. The summed E-state index contributed by atoms with van der Waals surface area (Å²) in [6, 6.07) is 7.80. The molecule has 0 bridgehead atoms. The van der Waals surface area contributed by atoms with Gasteiger partial charge in [0.05, 0.1) is 5.69 Å². The van der Waals surface area contributed by atoms with Gasteiger partial charge in [-0.05, 0) is 41.8 Å². The zero-order valence-corrected chi connectivity index (χ0v) is 10.4. The molecular formula is C14H13ClN2. The van der Waals surface area contributed by atoms with Crippen molar-refractivity contribution in [2.75, 3.05) is 0 Å². The third kappa shape index (κ3) is 3.14. The zero-order chi connectivity index (χ0) is 12.1. The Balaban J connectivity index is 2.27. The highest BCUT2D eigenvalue weighted by molar-refractivity contribution is 6.30. The number of aromatic nitrogens is 2. The molecule has 1 aromatic heterocycles. The van der Waals surface area contributed by atoms with Crippen molar-refractivity contribution >= 4 is 23.8 Å². The van der Waals surface area contributed by atoms with Crippen LogP contribution in [0.2, 0.25) is 5.02 Å². The van der Waals surface area contributed by atoms with Gasteiger partial charge < -0.3 is 0 Å². The van der Waals surface area contributed by atoms with Crippen LogP contribution >= 0.6 is 11.6 Å². The molecule has 0 aliphatic carbocycles. The van der Waals surface area contributed by atoms with Gasteiger partial charge in [-0.2, -0.15) is 0 Å². The number of benzene rings is 1. The summed E-state index contributed by atoms with van der Waals surface area (Å²) in [6.45, 7) is 2.12. The Morgan fingerprint density at radius 2 is 2.12 bits per heavy atom. The van der Waals surface area contributed by atoms with Crippen molar-refractivity contribution in [1.29, 1.82) is 0 Å². The lowest BCUT2D eigenvalue weighted by atomic mass is 10.0. The molecular weight excluding hydrogens is 232 g/mol. The fraction of sp³-hybridized carbons (Fsp3) is 0.143. The summed E-state index contributed by atoms with van der Waals surface area (Å²) in [4.78, 5) is 8.03. The quantitative estimate of drug-likeness (QED) is 0.819. The predicted octanol–water partition coefficient (Wildman–Crippen LogP) is 3.86. The van der Waals surface area contributed by atoms with Gasteiger partial charge in [-0.1, -0.05) is 30.7 Å². The second-order valence-electron chi connectivity index (χ2n) is 3.66. The molecule has 0 atom stereocenters. The molecule has 2 aromatic rings. The minimum atomic E-state index is 0.779. The Bertz CT molecular complexity index is 521. The van der Waals surface area contributed by atoms with Crippen molar-refractivity contribution in [3.63, 3.8) is 0 Å². The molecule has 1 heterocycles. The van der Waals surface area contributed by atoms with Crippen molar-refractivity contribution in [3.05, 3.63) is 58.6 Å². The van der Waals surface area contributed by atoms with Crippen LogP contribution in [-0.4, -0.2) is 9.97 Å². The standard InChI is InChI=1S/C14H13ClN2/c1-2-11-9-13(15)5-3-12(11)4-6-14-7-8-16-10-17-14/h3-10H,2H2,1H3. The Labute approximate surface area is 106 Å². The van der Waals surface area contributed by atoms with Crippen LogP contribution in [-0.2, 0) is 6.42 Å². The third-order valence-corrected chi connectivity index (χ3v) is 2.76. The van der Waals surface area contributed by atoms with E-state index >= 15 is 0 Å². The van der Waals surface area contributed by atoms with E-state index in [9.17, 15) is 0 Å². The maximum Gasteiger partial charge on any atom is 0.115 e. The van der Waals surface area contributed by atoms with E-state index in [1.165, 1.54) is 11.1 Å². The highest BCUT2D eigenvalue weighted by Crippen LogP contribution is 2.18. The lowest BCUT2D eigenvalue weighted by molar-refractivity contribution is 1.13. The van der Waals surface area contributed by atoms with E-state index in [0.717, 1.165) is 17.1 Å². The summed E-state index contributed by atoms with van der Waals surface area (Å²) in [7, 11) is 0. The van der Waals surface area contributed by atoms with Crippen molar-refractivity contribution in [1.82, 2.24) is 9.97 Å². The van der Waals surface area contributed by atoms with E-state index in [1.54, 1.807) is 12.5 Å². The first-order valence-electron chi connectivity index (χ1n) is 5.52. The summed E-state index contributed by atoms with van der Waals surface area (Å²) >= 11 is 5.97. The molecule has 0 aliphatic heterocycles. The van der Waals surface area contributed by atoms with Crippen LogP contribution in [0, 0.1) is 0 Å². The maximum absolute atomic E-state index is 5.97. The molecule has 0 aliphatic rings. The van der Waals surface area contributed by atoms with Crippen LogP contribution in [0.25, 0.3) is 12.2 Å². The van der Waals surface area contributed by atoms with E-state index in [0.29, 0.717) is 0 Å². The van der Waals surface area contributed by atoms with E-state index in [4.69, 9.17) is 11.6 Å². The van der Waals surface area contributed by atoms with Gasteiger partial charge >= 0.3 is 0 Å². The summed E-state index contributed by atoms with van der Waals surface area (Å²) in [5.41, 5.74) is 3.32. The third-order valence-electron chi connectivity index (χ3n) is 2.52. The highest BCUT2D eigenvalue weighted by atomic mass is 35.5. The van der Waals surface area contributed by atoms with Crippen LogP contribution in [0.3, 0.4) is 0 Å². The molecule has 2 nitrogen and oxygen atoms in total. The molecule has 0 radical (unpaired) electrons. The normalized spacial score (nSPS) is 10.9. The predicted molar refractivity (Wildman–Crippen MR) is 71.8 cm³/mol. The number of rotatable bonds is 3. The van der Waals surface area contributed by atoms with Crippen molar-refractivity contribution in [2.45, 2.75) is 13.3 Å². The van der Waals surface area contributed by atoms with Crippen molar-refractivity contribution < 1.29 is 0 Å². The first kappa shape index (κ1) is 11.8. The summed E-state index contributed by atoms with van der Waals surface area (Å²) in [6.07, 6.45) is 8.27. The number of hydrogen-bond donors (Lipinski definition) is 0. The lowest BCUT2D eigenvalue weighted by Crippen LogP contribution is -1.86. The molecule has 0 saturated heterocycles. The molecule has 0 spiro atoms. The number of nitrogens with zero attached hydrogens (tertiary/aromatic N) is 2. The van der Waals surface area contributed by atoms with Gasteiger partial charge in [0, 0.05) is 11.2 Å². The summed E-state index contributed by atoms with van der Waals surface area (Å²) in [5.74, 6) is 0. The van der Waals surface area contributed by atoms with Gasteiger partial charge in [-0.3, -0.25) is 0 Å². The SMILES string of the molecule is CCc1cc(Cl)ccc1C=Cc1ccncn1. The first-order valence-corrected chi connectivity index (χ1v) is 5.90. The smallest absolute Gasteiger partial charge is 0.115 e. The lowest BCUT2D eigenvalue weighted by Gasteiger charge is -2.03. The second kappa shape index (κ2) is 5.60. The molecule has 1 aromatic carbocycles. The van der Waals surface area contributed by atoms with Gasteiger partial charge in [0.15, 0.2) is 0 Å². The summed E-state index contributed by atoms with van der Waals surface area (Å²) < 4.78 is 0. The monoisotopic (exact) mass is 244 g/mol. The minimum absolute atomic E-state index is 0.779. The molecule has 0 fully saturated rings. The minimum Gasteiger partial charge on any atom is -0.245 e. The van der Waals surface area contributed by atoms with E-state index in [-0.39, 0.29) is 0 Å². The maximum atomic E-state index is 5.97. The van der Waals surface area contributed by atoms with Gasteiger partial charge in [0.1, 0.15) is 6.33 Å². The van der Waals surface area contributed by atoms with Gasteiger partial charge in [-0.25, -0.2) is 9.97 Å². The van der Waals surface area contributed by atoms with Crippen molar-refractivity contribution in [3.8, 4) is 0 Å². The Morgan fingerprint density at radius 3 is 2.82 bits per heavy atom. The molecule has 17 heavy (non-hydrogen) atoms. The second-order valence-corrected chi connectivity index (χ2v) is 4.10. The van der Waals surface area contributed by atoms with E-state index < -0.39 is 0 Å². The largest absolute Gasteiger partial charge is 0.245 e. The van der Waals surface area contributed by atoms with Crippen LogP contribution in [0.1, 0.15) is 23.7 Å². The Kier molecular flexibility index (Phi) is 3.89. The molecule has 0 saturated carbocycles. The van der Waals surface area contributed by atoms with Crippen LogP contribution < -0.4 is 0 Å². The average Bonchev–Trinajstić information content (AvgIpc) is 2.38. The molecule has 86 valence electrons. The van der Waals surface area contributed by atoms with Gasteiger partial charge in [-0.15, -0.1) is 0 Å². The fourth-order valence-electron chi connectivity index (χ4n) is 1.62. The van der Waals surface area contributed by atoms with Gasteiger partial charge in [0.2, 0.25) is 0 Å². The number of halogens is 1. The van der Waals surface area contributed by atoms with Crippen LogP contribution in [0.15, 0.2) is 36.8 Å². The fourth-order valence-corrected chi connectivity index (χ4v) is 1.81. The zero-order valence-electron chi connectivity index (χ0n) is 9.60. The van der Waals surface area contributed by atoms with E-state index in [1.807, 2.05) is 30.3 Å². The van der Waals surface area contributed by atoms with Crippen LogP contribution in [0.5, 0.6) is 0 Å². The Morgan fingerprint density at radius 1 is 1.24 bits per heavy atom. The number of hydrogen-bond acceptors (Lipinski definition) is 2. The summed E-state index contributed by atoms with van der Waals surface area (Å²) in [5, 5.41) is 0.779. The molecule has 2 rings (SSSR count). The topological polar surface area (TPSA) is 25.8 Å². The highest BCUT2D eigenvalue weighted by Gasteiger charge is 1.98. The van der Waals surface area contributed by atoms with Crippen molar-refractivity contribution in [2.24, 2.45) is 0 Å².